The molecule has 0 fully saturated rings. The molecule has 0 nitrogen and oxygen atoms in total. The summed E-state index contributed by atoms with van der Waals surface area (Å²) < 4.78 is 0. The lowest BCUT2D eigenvalue weighted by atomic mass is 9.85. The third-order valence-corrected chi connectivity index (χ3v) is 7.82. The molecule has 158 valence electrons. The molecule has 4 aromatic rings. The fourth-order valence-corrected chi connectivity index (χ4v) is 6.28. The molecule has 6 rings (SSSR count). The van der Waals surface area contributed by atoms with E-state index in [1.807, 2.05) is 24.3 Å². The Kier molecular flexibility index (Phi) is 5.04. The largest absolute Gasteiger partial charge is 0.0843 e. The zero-order chi connectivity index (χ0) is 22.0. The summed E-state index contributed by atoms with van der Waals surface area (Å²) in [5, 5.41) is 3.07. The number of hydrogen-bond donors (Lipinski definition) is 0. The van der Waals surface area contributed by atoms with Gasteiger partial charge in [-0.2, -0.15) is 0 Å². The van der Waals surface area contributed by atoms with Gasteiger partial charge in [0.2, 0.25) is 0 Å². The number of fused-ring (bicyclic) bond motifs is 6. The molecule has 0 amide bonds. The first-order chi connectivity index (χ1) is 15.5. The van der Waals surface area contributed by atoms with Crippen molar-refractivity contribution in [2.45, 2.75) is 24.7 Å². The summed E-state index contributed by atoms with van der Waals surface area (Å²) >= 11 is 25.6. The molecule has 2 aliphatic carbocycles. The van der Waals surface area contributed by atoms with Crippen LogP contribution in [0.15, 0.2) is 72.8 Å². The van der Waals surface area contributed by atoms with E-state index in [9.17, 15) is 0 Å². The van der Waals surface area contributed by atoms with E-state index < -0.39 is 0 Å². The highest BCUT2D eigenvalue weighted by molar-refractivity contribution is 6.32. The van der Waals surface area contributed by atoms with Gasteiger partial charge in [0.25, 0.3) is 0 Å². The van der Waals surface area contributed by atoms with Crippen molar-refractivity contribution in [3.63, 3.8) is 0 Å². The minimum atomic E-state index is 0.253. The van der Waals surface area contributed by atoms with Crippen LogP contribution in [0.1, 0.15) is 46.9 Å². The number of benzene rings is 4. The van der Waals surface area contributed by atoms with Crippen molar-refractivity contribution >= 4 is 46.4 Å². The first-order valence-electron chi connectivity index (χ1n) is 10.7. The molecule has 0 aliphatic heterocycles. The topological polar surface area (TPSA) is 0 Å². The van der Waals surface area contributed by atoms with E-state index in [1.165, 1.54) is 44.5 Å². The highest BCUT2D eigenvalue weighted by Gasteiger charge is 2.33. The smallest absolute Gasteiger partial charge is 0.0409 e. The van der Waals surface area contributed by atoms with Crippen LogP contribution in [0.2, 0.25) is 20.1 Å². The van der Waals surface area contributed by atoms with Crippen molar-refractivity contribution in [3.05, 3.63) is 115 Å². The van der Waals surface area contributed by atoms with Crippen molar-refractivity contribution in [3.8, 4) is 22.3 Å². The second-order valence-corrected chi connectivity index (χ2v) is 10.4. The maximum Gasteiger partial charge on any atom is 0.0409 e. The van der Waals surface area contributed by atoms with Gasteiger partial charge in [0, 0.05) is 31.9 Å². The van der Waals surface area contributed by atoms with Gasteiger partial charge >= 0.3 is 0 Å². The second-order valence-electron chi connectivity index (χ2n) is 8.61. The Labute approximate surface area is 207 Å². The van der Waals surface area contributed by atoms with E-state index in [1.54, 1.807) is 0 Å². The van der Waals surface area contributed by atoms with Crippen LogP contribution in [0, 0.1) is 0 Å². The van der Waals surface area contributed by atoms with Crippen LogP contribution in [-0.4, -0.2) is 0 Å². The lowest BCUT2D eigenvalue weighted by Crippen LogP contribution is -2.03. The van der Waals surface area contributed by atoms with Gasteiger partial charge < -0.3 is 0 Å². The molecule has 0 saturated heterocycles. The van der Waals surface area contributed by atoms with Crippen molar-refractivity contribution in [1.29, 1.82) is 0 Å². The molecule has 0 radical (unpaired) electrons. The minimum Gasteiger partial charge on any atom is -0.0843 e. The standard InChI is InChI=1S/C28H18Cl4/c29-15-1-5-19-20-6-2-16(30)12-26(20)23(25(19)11-15)9-10-24-27-13-17(31)3-7-21(27)22-8-4-18(32)14-28(22)24/h1-8,11-14,23-24H,9-10H2. The molecule has 0 N–H and O–H groups in total. The molecule has 0 saturated carbocycles. The Hall–Kier alpha value is -1.96. The predicted molar refractivity (Wildman–Crippen MR) is 137 cm³/mol. The van der Waals surface area contributed by atoms with Gasteiger partial charge in [0.15, 0.2) is 0 Å². The number of halogens is 4. The maximum atomic E-state index is 6.40. The first kappa shape index (κ1) is 20.6. The molecule has 0 aromatic heterocycles. The summed E-state index contributed by atoms with van der Waals surface area (Å²) in [5.74, 6) is 0.506. The Balaban J connectivity index is 1.41. The summed E-state index contributed by atoms with van der Waals surface area (Å²) in [5.41, 5.74) is 10.1. The molecule has 2 aliphatic rings. The van der Waals surface area contributed by atoms with E-state index in [0.29, 0.717) is 0 Å². The van der Waals surface area contributed by atoms with Gasteiger partial charge in [0.05, 0.1) is 0 Å². The number of rotatable bonds is 3. The summed E-state index contributed by atoms with van der Waals surface area (Å²) in [4.78, 5) is 0. The van der Waals surface area contributed by atoms with E-state index in [-0.39, 0.29) is 11.8 Å². The van der Waals surface area contributed by atoms with Crippen molar-refractivity contribution in [2.75, 3.05) is 0 Å². The minimum absolute atomic E-state index is 0.253. The lowest BCUT2D eigenvalue weighted by molar-refractivity contribution is 0.626. The zero-order valence-corrected chi connectivity index (χ0v) is 20.0. The molecular weight excluding hydrogens is 478 g/mol. The van der Waals surface area contributed by atoms with Crippen molar-refractivity contribution in [1.82, 2.24) is 0 Å². The molecule has 0 atom stereocenters. The van der Waals surface area contributed by atoms with Crippen molar-refractivity contribution in [2.24, 2.45) is 0 Å². The Morgan fingerprint density at radius 1 is 0.406 bits per heavy atom. The van der Waals surface area contributed by atoms with Crippen LogP contribution in [0.25, 0.3) is 22.3 Å². The molecule has 0 spiro atoms. The van der Waals surface area contributed by atoms with Gasteiger partial charge in [-0.05, 0) is 106 Å². The van der Waals surface area contributed by atoms with Gasteiger partial charge in [0.1, 0.15) is 0 Å². The molecular formula is C28H18Cl4. The summed E-state index contributed by atoms with van der Waals surface area (Å²) in [6, 6.07) is 24.8. The van der Waals surface area contributed by atoms with Gasteiger partial charge in [-0.3, -0.25) is 0 Å². The Morgan fingerprint density at radius 2 is 0.656 bits per heavy atom. The summed E-state index contributed by atoms with van der Waals surface area (Å²) in [6.45, 7) is 0. The highest BCUT2D eigenvalue weighted by atomic mass is 35.5. The van der Waals surface area contributed by atoms with Gasteiger partial charge in [-0.1, -0.05) is 70.7 Å². The van der Waals surface area contributed by atoms with Gasteiger partial charge in [-0.25, -0.2) is 0 Å². The summed E-state index contributed by atoms with van der Waals surface area (Å²) in [7, 11) is 0. The number of hydrogen-bond acceptors (Lipinski definition) is 0. The third kappa shape index (κ3) is 3.28. The average Bonchev–Trinajstić information content (AvgIpc) is 3.22. The molecule has 4 heteroatoms. The van der Waals surface area contributed by atoms with Gasteiger partial charge in [-0.15, -0.1) is 0 Å². The average molecular weight is 496 g/mol. The molecule has 0 unspecified atom stereocenters. The Morgan fingerprint density at radius 3 is 0.906 bits per heavy atom. The molecule has 0 bridgehead atoms. The highest BCUT2D eigenvalue weighted by Crippen LogP contribution is 2.52. The van der Waals surface area contributed by atoms with Crippen LogP contribution in [0.4, 0.5) is 0 Å². The van der Waals surface area contributed by atoms with E-state index in [4.69, 9.17) is 46.4 Å². The predicted octanol–water partition coefficient (Wildman–Crippen LogP) is 10.0. The van der Waals surface area contributed by atoms with Crippen molar-refractivity contribution < 1.29 is 0 Å². The van der Waals surface area contributed by atoms with Crippen LogP contribution >= 0.6 is 46.4 Å². The second kappa shape index (κ2) is 7.82. The lowest BCUT2D eigenvalue weighted by Gasteiger charge is -2.19. The van der Waals surface area contributed by atoms with E-state index in [0.717, 1.165) is 32.9 Å². The Bertz CT molecular complexity index is 1180. The normalized spacial score (nSPS) is 14.2. The van der Waals surface area contributed by atoms with Crippen LogP contribution < -0.4 is 0 Å². The first-order valence-corrected chi connectivity index (χ1v) is 12.2. The van der Waals surface area contributed by atoms with Crippen LogP contribution in [-0.2, 0) is 0 Å². The zero-order valence-electron chi connectivity index (χ0n) is 17.0. The SMILES string of the molecule is Clc1ccc2c(c1)C(CCC1c3cc(Cl)ccc3-c3ccc(Cl)cc31)c1cc(Cl)ccc1-2. The fourth-order valence-electron chi connectivity index (χ4n) is 5.56. The fraction of sp³-hybridized carbons (Fsp3) is 0.143. The monoisotopic (exact) mass is 494 g/mol. The molecule has 0 heterocycles. The molecule has 32 heavy (non-hydrogen) atoms. The molecule has 4 aromatic carbocycles. The third-order valence-electron chi connectivity index (χ3n) is 6.88. The van der Waals surface area contributed by atoms with Crippen LogP contribution in [0.5, 0.6) is 0 Å². The quantitative estimate of drug-likeness (QED) is 0.265. The van der Waals surface area contributed by atoms with E-state index >= 15 is 0 Å². The maximum absolute atomic E-state index is 6.40. The van der Waals surface area contributed by atoms with E-state index in [2.05, 4.69) is 48.5 Å². The summed E-state index contributed by atoms with van der Waals surface area (Å²) in [6.07, 6.45) is 1.95. The van der Waals surface area contributed by atoms with Crippen LogP contribution in [0.3, 0.4) is 0 Å².